The number of carbonyl (C=O) groups excluding carboxylic acids is 2. The molecule has 0 spiro atoms. The molecule has 2 aliphatic heterocycles. The summed E-state index contributed by atoms with van der Waals surface area (Å²) in [5.74, 6) is -0.919. The van der Waals surface area contributed by atoms with E-state index in [2.05, 4.69) is 0 Å². The number of halogens is 3. The molecule has 0 bridgehead atoms. The van der Waals surface area contributed by atoms with E-state index in [1.807, 2.05) is 0 Å². The molecule has 2 fully saturated rings. The van der Waals surface area contributed by atoms with Gasteiger partial charge in [0, 0.05) is 6.54 Å². The topological polar surface area (TPSA) is 40.6 Å². The summed E-state index contributed by atoms with van der Waals surface area (Å²) in [6.07, 6.45) is 0.810. The van der Waals surface area contributed by atoms with Crippen LogP contribution in [0.2, 0.25) is 0 Å². The fraction of sp³-hybridized carbons (Fsp3) is 0.778. The summed E-state index contributed by atoms with van der Waals surface area (Å²) in [7, 11) is 0. The molecule has 2 heterocycles. The van der Waals surface area contributed by atoms with Crippen LogP contribution in [0.5, 0.6) is 0 Å². The number of carbonyl (C=O) groups is 2. The third kappa shape index (κ3) is 3.72. The average molecular weight is 288 g/mol. The Labute approximate surface area is 146 Å². The SMILES string of the molecule is O=C1C2CCCCN2C(=O)CN1C[B-](F)(F)F.[K+]. The van der Waals surface area contributed by atoms with Crippen LogP contribution in [0.15, 0.2) is 0 Å². The second-order valence-corrected chi connectivity index (χ2v) is 4.53. The Morgan fingerprint density at radius 2 is 1.89 bits per heavy atom. The zero-order valence-electron chi connectivity index (χ0n) is 10.2. The van der Waals surface area contributed by atoms with E-state index in [-0.39, 0.29) is 57.3 Å². The summed E-state index contributed by atoms with van der Waals surface area (Å²) in [5.41, 5.74) is 0. The Hall–Kier alpha value is 0.431. The molecule has 96 valence electrons. The molecule has 18 heavy (non-hydrogen) atoms. The Kier molecular flexibility index (Phi) is 5.73. The van der Waals surface area contributed by atoms with Crippen molar-refractivity contribution in [3.05, 3.63) is 0 Å². The molecule has 0 N–H and O–H groups in total. The predicted molar refractivity (Wildman–Crippen MR) is 55.0 cm³/mol. The maximum Gasteiger partial charge on any atom is 1.00 e. The van der Waals surface area contributed by atoms with E-state index >= 15 is 0 Å². The number of fused-ring (bicyclic) bond motifs is 1. The molecule has 0 aromatic carbocycles. The number of hydrogen-bond acceptors (Lipinski definition) is 2. The number of nitrogens with zero attached hydrogens (tertiary/aromatic N) is 2. The molecule has 9 heteroatoms. The quantitative estimate of drug-likeness (QED) is 0.532. The van der Waals surface area contributed by atoms with Crippen molar-refractivity contribution in [2.75, 3.05) is 19.5 Å². The van der Waals surface area contributed by atoms with E-state index in [0.29, 0.717) is 17.9 Å². The first-order chi connectivity index (χ1) is 7.88. The normalized spacial score (nSPS) is 24.7. The van der Waals surface area contributed by atoms with Gasteiger partial charge in [0.05, 0.1) is 6.54 Å². The van der Waals surface area contributed by atoms with Gasteiger partial charge in [0.1, 0.15) is 6.04 Å². The van der Waals surface area contributed by atoms with Gasteiger partial charge >= 0.3 is 58.4 Å². The summed E-state index contributed by atoms with van der Waals surface area (Å²) in [6, 6.07) is -0.664. The van der Waals surface area contributed by atoms with E-state index in [0.717, 1.165) is 12.8 Å². The van der Waals surface area contributed by atoms with Crippen LogP contribution in [0.25, 0.3) is 0 Å². The third-order valence-corrected chi connectivity index (χ3v) is 3.17. The number of hydrogen-bond donors (Lipinski definition) is 0. The van der Waals surface area contributed by atoms with E-state index in [4.69, 9.17) is 0 Å². The van der Waals surface area contributed by atoms with Crippen LogP contribution in [0, 0.1) is 0 Å². The summed E-state index contributed by atoms with van der Waals surface area (Å²) in [6.45, 7) is -5.02. The fourth-order valence-corrected chi connectivity index (χ4v) is 2.43. The zero-order chi connectivity index (χ0) is 12.6. The predicted octanol–water partition coefficient (Wildman–Crippen LogP) is -2.40. The van der Waals surface area contributed by atoms with Crippen molar-refractivity contribution in [1.82, 2.24) is 9.80 Å². The Bertz CT molecular complexity index is 353. The summed E-state index contributed by atoms with van der Waals surface area (Å²) < 4.78 is 36.9. The van der Waals surface area contributed by atoms with Gasteiger partial charge in [-0.1, -0.05) is 0 Å². The fourth-order valence-electron chi connectivity index (χ4n) is 2.43. The van der Waals surface area contributed by atoms with E-state index in [1.165, 1.54) is 4.90 Å². The van der Waals surface area contributed by atoms with Crippen molar-refractivity contribution < 1.29 is 73.9 Å². The molecule has 0 saturated carbocycles. The smallest absolute Gasteiger partial charge is 0.448 e. The van der Waals surface area contributed by atoms with Gasteiger partial charge in [-0.05, 0) is 25.7 Å². The minimum Gasteiger partial charge on any atom is -0.448 e. The van der Waals surface area contributed by atoms with Crippen molar-refractivity contribution in [1.29, 1.82) is 0 Å². The molecule has 0 aromatic heterocycles. The first-order valence-corrected chi connectivity index (χ1v) is 5.68. The molecular formula is C9H13BF3KN2O2. The second-order valence-electron chi connectivity index (χ2n) is 4.53. The first kappa shape index (κ1) is 16.5. The van der Waals surface area contributed by atoms with Crippen molar-refractivity contribution in [3.63, 3.8) is 0 Å². The summed E-state index contributed by atoms with van der Waals surface area (Å²) in [5, 5.41) is 0. The molecule has 0 radical (unpaired) electrons. The number of piperazine rings is 1. The summed E-state index contributed by atoms with van der Waals surface area (Å²) in [4.78, 5) is 25.5. The second kappa shape index (κ2) is 6.25. The third-order valence-electron chi connectivity index (χ3n) is 3.17. The van der Waals surface area contributed by atoms with Crippen LogP contribution in [0.1, 0.15) is 19.3 Å². The molecule has 4 nitrogen and oxygen atoms in total. The van der Waals surface area contributed by atoms with Gasteiger partial charge in [0.25, 0.3) is 0 Å². The van der Waals surface area contributed by atoms with E-state index in [9.17, 15) is 22.5 Å². The van der Waals surface area contributed by atoms with Crippen molar-refractivity contribution >= 4 is 18.8 Å². The molecule has 2 rings (SSSR count). The Morgan fingerprint density at radius 1 is 1.22 bits per heavy atom. The minimum atomic E-state index is -5.08. The molecule has 2 aliphatic rings. The van der Waals surface area contributed by atoms with E-state index in [1.54, 1.807) is 0 Å². The molecule has 1 unspecified atom stereocenters. The van der Waals surface area contributed by atoms with Gasteiger partial charge < -0.3 is 22.7 Å². The van der Waals surface area contributed by atoms with Crippen molar-refractivity contribution in [2.45, 2.75) is 25.3 Å². The standard InChI is InChI=1S/C9H13BF3N2O2.K/c11-10(12,13)6-14-5-8(16)15-4-2-1-3-7(15)9(14)17;/h7H,1-6H2;/q-1;+1. The van der Waals surface area contributed by atoms with Gasteiger partial charge in [-0.2, -0.15) is 0 Å². The van der Waals surface area contributed by atoms with Crippen LogP contribution in [-0.4, -0.2) is 54.2 Å². The minimum absolute atomic E-state index is 0. The maximum absolute atomic E-state index is 12.3. The van der Waals surface area contributed by atoms with E-state index < -0.39 is 31.9 Å². The van der Waals surface area contributed by atoms with Crippen LogP contribution < -0.4 is 51.4 Å². The molecule has 2 amide bonds. The van der Waals surface area contributed by atoms with Crippen LogP contribution >= 0.6 is 0 Å². The average Bonchev–Trinajstić information content (AvgIpc) is 2.24. The van der Waals surface area contributed by atoms with Crippen LogP contribution in [-0.2, 0) is 9.59 Å². The van der Waals surface area contributed by atoms with Gasteiger partial charge in [0.15, 0.2) is 0 Å². The Balaban J connectivity index is 0.00000162. The molecule has 0 aromatic rings. The molecular weight excluding hydrogens is 275 g/mol. The Morgan fingerprint density at radius 3 is 2.50 bits per heavy atom. The largest absolute Gasteiger partial charge is 1.00 e. The van der Waals surface area contributed by atoms with Crippen LogP contribution in [0.3, 0.4) is 0 Å². The number of amides is 2. The zero-order valence-corrected chi connectivity index (χ0v) is 13.4. The molecule has 1 atom stereocenters. The number of piperidine rings is 1. The molecule has 0 aliphatic carbocycles. The van der Waals surface area contributed by atoms with Gasteiger partial charge in [0.2, 0.25) is 11.8 Å². The monoisotopic (exact) mass is 288 g/mol. The van der Waals surface area contributed by atoms with Gasteiger partial charge in [-0.25, -0.2) is 0 Å². The van der Waals surface area contributed by atoms with Gasteiger partial charge in [-0.15, -0.1) is 0 Å². The molecule has 2 saturated heterocycles. The maximum atomic E-state index is 12.3. The summed E-state index contributed by atoms with van der Waals surface area (Å²) >= 11 is 0. The first-order valence-electron chi connectivity index (χ1n) is 5.68. The van der Waals surface area contributed by atoms with Crippen molar-refractivity contribution in [2.24, 2.45) is 0 Å². The van der Waals surface area contributed by atoms with Gasteiger partial charge in [-0.3, -0.25) is 9.59 Å². The van der Waals surface area contributed by atoms with Crippen LogP contribution in [0.4, 0.5) is 12.9 Å². The van der Waals surface area contributed by atoms with Crippen molar-refractivity contribution in [3.8, 4) is 0 Å². The number of rotatable bonds is 2.